The topological polar surface area (TPSA) is 96.6 Å². The molecule has 1 aliphatic heterocycles. The average molecular weight is 284 g/mol. The fourth-order valence-electron chi connectivity index (χ4n) is 1.86. The van der Waals surface area contributed by atoms with Gasteiger partial charge >= 0.3 is 0 Å². The summed E-state index contributed by atoms with van der Waals surface area (Å²) < 4.78 is 25.9. The molecule has 1 fully saturated rings. The van der Waals surface area contributed by atoms with Gasteiger partial charge in [-0.3, -0.25) is 4.79 Å². The van der Waals surface area contributed by atoms with E-state index >= 15 is 0 Å². The number of hydrogen-bond acceptors (Lipinski definition) is 5. The van der Waals surface area contributed by atoms with Crippen molar-refractivity contribution in [2.75, 3.05) is 32.4 Å². The molecule has 1 aromatic heterocycles. The second-order valence-corrected chi connectivity index (χ2v) is 6.36. The number of carbonyl (C=O) groups is 1. The molecule has 0 radical (unpaired) electrons. The highest BCUT2D eigenvalue weighted by atomic mass is 32.2. The van der Waals surface area contributed by atoms with E-state index in [-0.39, 0.29) is 23.2 Å². The molecule has 0 unspecified atom stereocenters. The van der Waals surface area contributed by atoms with Gasteiger partial charge in [-0.25, -0.2) is 13.4 Å². The van der Waals surface area contributed by atoms with Crippen LogP contribution in [0.3, 0.4) is 0 Å². The number of likely N-dealkylation sites (N-methyl/N-ethyl adjacent to an activating group) is 1. The van der Waals surface area contributed by atoms with Crippen LogP contribution in [0.2, 0.25) is 0 Å². The molecule has 0 bridgehead atoms. The number of hydrogen-bond donors (Lipinski definition) is 1. The van der Waals surface area contributed by atoms with Gasteiger partial charge in [0, 0.05) is 26.3 Å². The average Bonchev–Trinajstić information content (AvgIpc) is 2.53. The molecule has 1 amide bonds. The van der Waals surface area contributed by atoms with Gasteiger partial charge < -0.3 is 10.6 Å². The van der Waals surface area contributed by atoms with Crippen LogP contribution in [0.5, 0.6) is 0 Å². The lowest BCUT2D eigenvalue weighted by molar-refractivity contribution is -0.129. The van der Waals surface area contributed by atoms with Crippen molar-refractivity contribution in [3.8, 4) is 0 Å². The minimum atomic E-state index is -3.69. The molecule has 1 aromatic rings. The Balaban J connectivity index is 2.28. The fourth-order valence-corrected chi connectivity index (χ4v) is 3.23. The summed E-state index contributed by atoms with van der Waals surface area (Å²) in [6.45, 7) is 0.747. The largest absolute Gasteiger partial charge is 0.384 e. The van der Waals surface area contributed by atoms with Crippen LogP contribution >= 0.6 is 0 Å². The molecule has 1 saturated heterocycles. The second-order valence-electron chi connectivity index (χ2n) is 4.43. The van der Waals surface area contributed by atoms with E-state index in [0.717, 1.165) is 0 Å². The molecular weight excluding hydrogens is 268 g/mol. The Labute approximate surface area is 112 Å². The van der Waals surface area contributed by atoms with Crippen LogP contribution in [0.1, 0.15) is 6.42 Å². The van der Waals surface area contributed by atoms with Gasteiger partial charge in [0.1, 0.15) is 10.7 Å². The van der Waals surface area contributed by atoms with Crippen LogP contribution in [-0.4, -0.2) is 55.2 Å². The molecule has 0 aromatic carbocycles. The van der Waals surface area contributed by atoms with Gasteiger partial charge in [0.2, 0.25) is 15.9 Å². The van der Waals surface area contributed by atoms with Crippen LogP contribution in [0, 0.1) is 0 Å². The molecule has 7 nitrogen and oxygen atoms in total. The maximum Gasteiger partial charge on any atom is 0.245 e. The van der Waals surface area contributed by atoms with E-state index in [2.05, 4.69) is 4.98 Å². The summed E-state index contributed by atoms with van der Waals surface area (Å²) in [6, 6.07) is 2.83. The fraction of sp³-hybridized carbons (Fsp3) is 0.455. The predicted molar refractivity (Wildman–Crippen MR) is 69.7 cm³/mol. The van der Waals surface area contributed by atoms with Crippen molar-refractivity contribution in [2.24, 2.45) is 0 Å². The van der Waals surface area contributed by atoms with E-state index in [4.69, 9.17) is 5.73 Å². The van der Waals surface area contributed by atoms with Gasteiger partial charge in [-0.2, -0.15) is 4.31 Å². The monoisotopic (exact) mass is 284 g/mol. The number of nitrogens with zero attached hydrogens (tertiary/aromatic N) is 3. The maximum atomic E-state index is 12.4. The first-order valence-corrected chi connectivity index (χ1v) is 7.31. The summed E-state index contributed by atoms with van der Waals surface area (Å²) in [5.74, 6) is 0.0510. The van der Waals surface area contributed by atoms with Crippen molar-refractivity contribution in [3.05, 3.63) is 18.3 Å². The second kappa shape index (κ2) is 5.14. The standard InChI is InChI=1S/C11H16N4O3S/c1-14-5-2-6-15(8-11(14)16)19(17,18)9-3-4-10(12)13-7-9/h3-4,7H,2,5-6,8H2,1H3,(H2,12,13). The number of carbonyl (C=O) groups excluding carboxylic acids is 1. The maximum absolute atomic E-state index is 12.4. The normalized spacial score (nSPS) is 18.4. The van der Waals surface area contributed by atoms with Gasteiger partial charge in [0.05, 0.1) is 6.54 Å². The molecule has 2 rings (SSSR count). The van der Waals surface area contributed by atoms with Crippen LogP contribution in [0.15, 0.2) is 23.2 Å². The van der Waals surface area contributed by atoms with E-state index in [9.17, 15) is 13.2 Å². The Morgan fingerprint density at radius 3 is 2.68 bits per heavy atom. The first-order chi connectivity index (χ1) is 8.91. The number of rotatable bonds is 2. The third kappa shape index (κ3) is 2.85. The van der Waals surface area contributed by atoms with Gasteiger partial charge in [0.25, 0.3) is 0 Å². The molecule has 19 heavy (non-hydrogen) atoms. The number of pyridine rings is 1. The van der Waals surface area contributed by atoms with E-state index < -0.39 is 10.0 Å². The minimum absolute atomic E-state index is 0.0547. The number of nitrogens with two attached hydrogens (primary N) is 1. The third-order valence-electron chi connectivity index (χ3n) is 3.04. The van der Waals surface area contributed by atoms with Crippen molar-refractivity contribution < 1.29 is 13.2 Å². The van der Waals surface area contributed by atoms with Crippen LogP contribution in [0.25, 0.3) is 0 Å². The first-order valence-electron chi connectivity index (χ1n) is 5.87. The molecule has 104 valence electrons. The summed E-state index contributed by atoms with van der Waals surface area (Å²) >= 11 is 0. The van der Waals surface area contributed by atoms with Gasteiger partial charge in [0.15, 0.2) is 0 Å². The molecular formula is C11H16N4O3S. The Bertz CT molecular complexity index is 570. The minimum Gasteiger partial charge on any atom is -0.384 e. The third-order valence-corrected chi connectivity index (χ3v) is 4.86. The first kappa shape index (κ1) is 13.8. The summed E-state index contributed by atoms with van der Waals surface area (Å²) in [4.78, 5) is 17.1. The Morgan fingerprint density at radius 2 is 2.05 bits per heavy atom. The summed E-state index contributed by atoms with van der Waals surface area (Å²) in [6.07, 6.45) is 1.83. The van der Waals surface area contributed by atoms with Gasteiger partial charge in [-0.15, -0.1) is 0 Å². The molecule has 2 heterocycles. The number of anilines is 1. The molecule has 0 atom stereocenters. The number of nitrogen functional groups attached to an aromatic ring is 1. The summed E-state index contributed by atoms with van der Waals surface area (Å²) in [7, 11) is -2.02. The van der Waals surface area contributed by atoms with Crippen LogP contribution in [0.4, 0.5) is 5.82 Å². The molecule has 2 N–H and O–H groups in total. The zero-order chi connectivity index (χ0) is 14.0. The highest BCUT2D eigenvalue weighted by Gasteiger charge is 2.29. The molecule has 8 heteroatoms. The van der Waals surface area contributed by atoms with Gasteiger partial charge in [-0.05, 0) is 18.6 Å². The Hall–Kier alpha value is -1.67. The Morgan fingerprint density at radius 1 is 1.32 bits per heavy atom. The summed E-state index contributed by atoms with van der Waals surface area (Å²) in [5, 5.41) is 0. The lowest BCUT2D eigenvalue weighted by Gasteiger charge is -2.19. The lowest BCUT2D eigenvalue weighted by atomic mass is 10.4. The quantitative estimate of drug-likeness (QED) is 0.791. The van der Waals surface area contributed by atoms with E-state index in [1.165, 1.54) is 27.5 Å². The van der Waals surface area contributed by atoms with E-state index in [1.54, 1.807) is 7.05 Å². The highest BCUT2D eigenvalue weighted by molar-refractivity contribution is 7.89. The highest BCUT2D eigenvalue weighted by Crippen LogP contribution is 2.17. The van der Waals surface area contributed by atoms with Gasteiger partial charge in [-0.1, -0.05) is 0 Å². The van der Waals surface area contributed by atoms with Crippen molar-refractivity contribution in [3.63, 3.8) is 0 Å². The number of aromatic nitrogens is 1. The zero-order valence-corrected chi connectivity index (χ0v) is 11.4. The molecule has 0 aliphatic carbocycles. The molecule has 0 spiro atoms. The van der Waals surface area contributed by atoms with E-state index in [1.807, 2.05) is 0 Å². The lowest BCUT2D eigenvalue weighted by Crippen LogP contribution is -2.38. The van der Waals surface area contributed by atoms with Crippen molar-refractivity contribution in [1.82, 2.24) is 14.2 Å². The Kier molecular flexibility index (Phi) is 3.72. The van der Waals surface area contributed by atoms with Crippen molar-refractivity contribution >= 4 is 21.7 Å². The summed E-state index contributed by atoms with van der Waals surface area (Å²) in [5.41, 5.74) is 5.43. The van der Waals surface area contributed by atoms with Crippen LogP contribution < -0.4 is 5.73 Å². The zero-order valence-electron chi connectivity index (χ0n) is 10.6. The van der Waals surface area contributed by atoms with Crippen LogP contribution in [-0.2, 0) is 14.8 Å². The predicted octanol–water partition coefficient (Wildman–Crippen LogP) is -0.483. The van der Waals surface area contributed by atoms with Crippen molar-refractivity contribution in [1.29, 1.82) is 0 Å². The molecule has 1 aliphatic rings. The smallest absolute Gasteiger partial charge is 0.245 e. The van der Waals surface area contributed by atoms with Crippen molar-refractivity contribution in [2.45, 2.75) is 11.3 Å². The van der Waals surface area contributed by atoms with E-state index in [0.29, 0.717) is 19.5 Å². The number of amides is 1. The number of sulfonamides is 1. The SMILES string of the molecule is CN1CCCN(S(=O)(=O)c2ccc(N)nc2)CC1=O. The molecule has 0 saturated carbocycles.